The molecule has 0 radical (unpaired) electrons. The summed E-state index contributed by atoms with van der Waals surface area (Å²) in [5.74, 6) is 1.73. The zero-order valence-corrected chi connectivity index (χ0v) is 11.7. The Hall–Kier alpha value is -1.95. The van der Waals surface area contributed by atoms with Crippen molar-refractivity contribution in [3.8, 4) is 11.5 Å². The third-order valence-electron chi connectivity index (χ3n) is 3.73. The molecule has 0 amide bonds. The summed E-state index contributed by atoms with van der Waals surface area (Å²) in [7, 11) is 1.95. The molecule has 6 nitrogen and oxygen atoms in total. The van der Waals surface area contributed by atoms with Gasteiger partial charge in [-0.2, -0.15) is 0 Å². The molecule has 1 saturated heterocycles. The highest BCUT2D eigenvalue weighted by molar-refractivity contribution is 5.51. The second-order valence-electron chi connectivity index (χ2n) is 5.34. The Labute approximate surface area is 118 Å². The van der Waals surface area contributed by atoms with Crippen molar-refractivity contribution in [2.75, 3.05) is 18.0 Å². The quantitative estimate of drug-likeness (QED) is 0.889. The van der Waals surface area contributed by atoms with Gasteiger partial charge >= 0.3 is 0 Å². The maximum atomic E-state index is 6.09. The fourth-order valence-corrected chi connectivity index (χ4v) is 2.61. The fraction of sp³-hybridized carbons (Fsp3) is 0.500. The number of aromatic nitrogens is 4. The van der Waals surface area contributed by atoms with Gasteiger partial charge in [0.2, 0.25) is 0 Å². The van der Waals surface area contributed by atoms with Crippen molar-refractivity contribution in [1.82, 2.24) is 19.7 Å². The third-order valence-corrected chi connectivity index (χ3v) is 3.73. The van der Waals surface area contributed by atoms with Gasteiger partial charge in [0.1, 0.15) is 5.69 Å². The molecule has 0 aromatic carbocycles. The molecule has 20 heavy (non-hydrogen) atoms. The van der Waals surface area contributed by atoms with Crippen LogP contribution in [0.1, 0.15) is 19.3 Å². The number of anilines is 1. The molecule has 1 aliphatic heterocycles. The van der Waals surface area contributed by atoms with E-state index in [9.17, 15) is 0 Å². The van der Waals surface area contributed by atoms with Crippen LogP contribution < -0.4 is 10.6 Å². The van der Waals surface area contributed by atoms with E-state index in [0.29, 0.717) is 0 Å². The number of nitrogens with zero attached hydrogens (tertiary/aromatic N) is 5. The van der Waals surface area contributed by atoms with Gasteiger partial charge in [0.15, 0.2) is 11.6 Å². The molecular weight excluding hydrogens is 252 g/mol. The van der Waals surface area contributed by atoms with Gasteiger partial charge in [-0.25, -0.2) is 4.98 Å². The van der Waals surface area contributed by atoms with Crippen molar-refractivity contribution in [2.24, 2.45) is 12.8 Å². The van der Waals surface area contributed by atoms with Gasteiger partial charge in [-0.15, -0.1) is 10.2 Å². The summed E-state index contributed by atoms with van der Waals surface area (Å²) in [5.41, 5.74) is 6.88. The highest BCUT2D eigenvalue weighted by Crippen LogP contribution is 2.19. The van der Waals surface area contributed by atoms with E-state index in [1.807, 2.05) is 29.9 Å². The lowest BCUT2D eigenvalue weighted by Gasteiger charge is -2.23. The normalized spacial score (nSPS) is 19.9. The maximum absolute atomic E-state index is 6.09. The van der Waals surface area contributed by atoms with E-state index in [-0.39, 0.29) is 6.04 Å². The molecule has 3 heterocycles. The van der Waals surface area contributed by atoms with Gasteiger partial charge in [-0.1, -0.05) is 6.42 Å². The predicted molar refractivity (Wildman–Crippen MR) is 78.3 cm³/mol. The summed E-state index contributed by atoms with van der Waals surface area (Å²) in [5, 5.41) is 8.64. The minimum absolute atomic E-state index is 0.230. The van der Waals surface area contributed by atoms with Crippen LogP contribution in [0, 0.1) is 0 Å². The maximum Gasteiger partial charge on any atom is 0.160 e. The largest absolute Gasteiger partial charge is 0.354 e. The summed E-state index contributed by atoms with van der Waals surface area (Å²) < 4.78 is 1.94. The highest BCUT2D eigenvalue weighted by Gasteiger charge is 2.17. The Morgan fingerprint density at radius 3 is 2.85 bits per heavy atom. The van der Waals surface area contributed by atoms with Crippen LogP contribution in [0.3, 0.4) is 0 Å². The topological polar surface area (TPSA) is 72.9 Å². The summed E-state index contributed by atoms with van der Waals surface area (Å²) in [4.78, 5) is 6.51. The monoisotopic (exact) mass is 272 g/mol. The van der Waals surface area contributed by atoms with Crippen molar-refractivity contribution in [1.29, 1.82) is 0 Å². The molecule has 1 unspecified atom stereocenters. The number of nitrogens with two attached hydrogens (primary N) is 1. The lowest BCUT2D eigenvalue weighted by Crippen LogP contribution is -2.36. The van der Waals surface area contributed by atoms with E-state index >= 15 is 0 Å². The van der Waals surface area contributed by atoms with Crippen molar-refractivity contribution in [3.05, 3.63) is 24.5 Å². The molecule has 1 aliphatic rings. The van der Waals surface area contributed by atoms with Crippen molar-refractivity contribution < 1.29 is 0 Å². The Bertz CT molecular complexity index is 561. The molecule has 0 spiro atoms. The Morgan fingerprint density at radius 1 is 1.25 bits per heavy atom. The van der Waals surface area contributed by atoms with Crippen LogP contribution >= 0.6 is 0 Å². The SMILES string of the molecule is Cn1ccnc1-c1ccc(N2CCCCC(N)C2)nn1. The van der Waals surface area contributed by atoms with Crippen molar-refractivity contribution >= 4 is 5.82 Å². The van der Waals surface area contributed by atoms with Gasteiger partial charge in [-0.05, 0) is 25.0 Å². The minimum atomic E-state index is 0.230. The number of rotatable bonds is 2. The molecule has 0 bridgehead atoms. The van der Waals surface area contributed by atoms with E-state index in [4.69, 9.17) is 5.73 Å². The Kier molecular flexibility index (Phi) is 3.64. The molecule has 2 aromatic heterocycles. The summed E-state index contributed by atoms with van der Waals surface area (Å²) in [6.45, 7) is 1.86. The van der Waals surface area contributed by atoms with E-state index in [1.54, 1.807) is 6.20 Å². The highest BCUT2D eigenvalue weighted by atomic mass is 15.3. The number of hydrogen-bond acceptors (Lipinski definition) is 5. The molecule has 1 fully saturated rings. The molecule has 106 valence electrons. The molecule has 3 rings (SSSR count). The van der Waals surface area contributed by atoms with Gasteiger partial charge < -0.3 is 15.2 Å². The average molecular weight is 272 g/mol. The van der Waals surface area contributed by atoms with Crippen LogP contribution in [-0.4, -0.2) is 38.9 Å². The average Bonchev–Trinajstić information content (AvgIpc) is 2.76. The van der Waals surface area contributed by atoms with Crippen molar-refractivity contribution in [2.45, 2.75) is 25.3 Å². The van der Waals surface area contributed by atoms with Gasteiger partial charge in [0.05, 0.1) is 0 Å². The second kappa shape index (κ2) is 5.58. The summed E-state index contributed by atoms with van der Waals surface area (Å²) in [6, 6.07) is 4.21. The minimum Gasteiger partial charge on any atom is -0.354 e. The zero-order chi connectivity index (χ0) is 13.9. The van der Waals surface area contributed by atoms with E-state index in [0.717, 1.165) is 43.3 Å². The lowest BCUT2D eigenvalue weighted by molar-refractivity contribution is 0.619. The molecule has 0 aliphatic carbocycles. The molecule has 1 atom stereocenters. The first kappa shape index (κ1) is 13.1. The standard InChI is InChI=1S/C14H20N6/c1-19-9-7-16-14(19)12-5-6-13(18-17-12)20-8-3-2-4-11(15)10-20/h5-7,9,11H,2-4,8,10,15H2,1H3. The summed E-state index contributed by atoms with van der Waals surface area (Å²) >= 11 is 0. The van der Waals surface area contributed by atoms with Crippen LogP contribution in [0.2, 0.25) is 0 Å². The van der Waals surface area contributed by atoms with E-state index < -0.39 is 0 Å². The lowest BCUT2D eigenvalue weighted by atomic mass is 10.2. The number of hydrogen-bond donors (Lipinski definition) is 1. The summed E-state index contributed by atoms with van der Waals surface area (Å²) in [6.07, 6.45) is 7.11. The van der Waals surface area contributed by atoms with Crippen LogP contribution in [0.25, 0.3) is 11.5 Å². The molecule has 6 heteroatoms. The molecule has 2 N–H and O–H groups in total. The van der Waals surface area contributed by atoms with Gasteiger partial charge in [-0.3, -0.25) is 0 Å². The smallest absolute Gasteiger partial charge is 0.160 e. The van der Waals surface area contributed by atoms with E-state index in [2.05, 4.69) is 20.1 Å². The molecule has 2 aromatic rings. The number of aryl methyl sites for hydroxylation is 1. The first-order valence-electron chi connectivity index (χ1n) is 7.06. The number of imidazole rings is 1. The van der Waals surface area contributed by atoms with Crippen LogP contribution in [0.15, 0.2) is 24.5 Å². The second-order valence-corrected chi connectivity index (χ2v) is 5.34. The van der Waals surface area contributed by atoms with Gasteiger partial charge in [0.25, 0.3) is 0 Å². The Balaban J connectivity index is 1.80. The van der Waals surface area contributed by atoms with Crippen LogP contribution in [0.4, 0.5) is 5.82 Å². The van der Waals surface area contributed by atoms with Crippen molar-refractivity contribution in [3.63, 3.8) is 0 Å². The molecule has 0 saturated carbocycles. The molecular formula is C14H20N6. The Morgan fingerprint density at radius 2 is 2.15 bits per heavy atom. The van der Waals surface area contributed by atoms with Crippen LogP contribution in [0.5, 0.6) is 0 Å². The van der Waals surface area contributed by atoms with Gasteiger partial charge in [0, 0.05) is 38.6 Å². The first-order chi connectivity index (χ1) is 9.74. The first-order valence-corrected chi connectivity index (χ1v) is 7.06. The van der Waals surface area contributed by atoms with E-state index in [1.165, 1.54) is 6.42 Å². The van der Waals surface area contributed by atoms with Crippen LogP contribution in [-0.2, 0) is 7.05 Å². The predicted octanol–water partition coefficient (Wildman–Crippen LogP) is 1.19. The zero-order valence-electron chi connectivity index (χ0n) is 11.7. The third kappa shape index (κ3) is 2.65. The fourth-order valence-electron chi connectivity index (χ4n) is 2.61.